The molecule has 3 rings (SSSR count). The van der Waals surface area contributed by atoms with Crippen molar-refractivity contribution < 1.29 is 31.4 Å². The lowest BCUT2D eigenvalue weighted by atomic mass is 9.71. The van der Waals surface area contributed by atoms with Crippen molar-refractivity contribution in [3.05, 3.63) is 29.3 Å². The van der Waals surface area contributed by atoms with E-state index in [-0.39, 0.29) is 25.3 Å². The molecule has 1 saturated heterocycles. The molecule has 1 aliphatic carbocycles. The zero-order valence-corrected chi connectivity index (χ0v) is 15.3. The van der Waals surface area contributed by atoms with Gasteiger partial charge in [-0.05, 0) is 37.5 Å². The van der Waals surface area contributed by atoms with E-state index in [4.69, 9.17) is 10.00 Å². The van der Waals surface area contributed by atoms with Gasteiger partial charge in [-0.25, -0.2) is 8.42 Å². The summed E-state index contributed by atoms with van der Waals surface area (Å²) in [6, 6.07) is 4.34. The summed E-state index contributed by atoms with van der Waals surface area (Å²) < 4.78 is 71.0. The van der Waals surface area contributed by atoms with Gasteiger partial charge >= 0.3 is 6.18 Å². The molecule has 1 N–H and O–H groups in total. The number of nitriles is 1. The molecule has 0 unspecified atom stereocenters. The smallest absolute Gasteiger partial charge is 0.393 e. The first kappa shape index (κ1) is 19.9. The maximum absolute atomic E-state index is 13.3. The quantitative estimate of drug-likeness (QED) is 0.832. The Morgan fingerprint density at radius 1 is 1.41 bits per heavy atom. The van der Waals surface area contributed by atoms with Gasteiger partial charge in [-0.2, -0.15) is 18.4 Å². The number of nitrogens with zero attached hydrogens (tertiary/aromatic N) is 2. The lowest BCUT2D eigenvalue weighted by Gasteiger charge is -2.44. The van der Waals surface area contributed by atoms with Crippen LogP contribution in [0.3, 0.4) is 0 Å². The van der Waals surface area contributed by atoms with E-state index in [1.165, 1.54) is 19.2 Å². The number of hydrogen-bond donors (Lipinski definition) is 1. The molecular weight excluding hydrogens is 385 g/mol. The van der Waals surface area contributed by atoms with E-state index in [2.05, 4.69) is 0 Å². The van der Waals surface area contributed by atoms with Crippen LogP contribution >= 0.6 is 0 Å². The maximum Gasteiger partial charge on any atom is 0.417 e. The van der Waals surface area contributed by atoms with Gasteiger partial charge in [-0.15, -0.1) is 0 Å². The number of hydrogen-bond acceptors (Lipinski definition) is 5. The van der Waals surface area contributed by atoms with Crippen molar-refractivity contribution in [1.82, 2.24) is 0 Å². The molecule has 1 heterocycles. The number of rotatable bonds is 4. The highest BCUT2D eigenvalue weighted by Gasteiger charge is 2.61. The van der Waals surface area contributed by atoms with E-state index in [9.17, 15) is 26.7 Å². The second kappa shape index (κ2) is 6.65. The van der Waals surface area contributed by atoms with Crippen LogP contribution in [0.4, 0.5) is 18.9 Å². The Bertz CT molecular complexity index is 881. The van der Waals surface area contributed by atoms with Gasteiger partial charge in [0.25, 0.3) is 0 Å². The van der Waals surface area contributed by atoms with Crippen LogP contribution < -0.4 is 4.31 Å². The van der Waals surface area contributed by atoms with Gasteiger partial charge < -0.3 is 9.84 Å². The number of anilines is 1. The summed E-state index contributed by atoms with van der Waals surface area (Å²) in [7, 11) is -2.73. The van der Waals surface area contributed by atoms with Gasteiger partial charge in [0.2, 0.25) is 10.0 Å². The number of sulfonamides is 1. The topological polar surface area (TPSA) is 90.6 Å². The van der Waals surface area contributed by atoms with E-state index < -0.39 is 44.1 Å². The van der Waals surface area contributed by atoms with Crippen LogP contribution in [-0.4, -0.2) is 44.6 Å². The van der Waals surface area contributed by atoms with E-state index in [0.717, 1.165) is 10.4 Å². The summed E-state index contributed by atoms with van der Waals surface area (Å²) in [5.74, 6) is -0.520. The van der Waals surface area contributed by atoms with Crippen molar-refractivity contribution in [2.75, 3.05) is 24.6 Å². The number of aliphatic hydroxyl groups is 1. The lowest BCUT2D eigenvalue weighted by Crippen LogP contribution is -2.56. The Hall–Kier alpha value is -1.83. The Kier molecular flexibility index (Phi) is 4.91. The second-order valence-electron chi connectivity index (χ2n) is 6.92. The molecule has 0 radical (unpaired) electrons. The van der Waals surface area contributed by atoms with Crippen LogP contribution in [-0.2, 0) is 20.9 Å². The molecule has 2 aliphatic rings. The third kappa shape index (κ3) is 2.98. The van der Waals surface area contributed by atoms with Gasteiger partial charge in [0.1, 0.15) is 4.75 Å². The van der Waals surface area contributed by atoms with Gasteiger partial charge in [-0.1, -0.05) is 0 Å². The molecule has 27 heavy (non-hydrogen) atoms. The number of benzene rings is 1. The minimum Gasteiger partial charge on any atom is -0.393 e. The van der Waals surface area contributed by atoms with Crippen LogP contribution in [0.2, 0.25) is 0 Å². The number of alkyl halides is 3. The molecule has 6 nitrogen and oxygen atoms in total. The fourth-order valence-electron chi connectivity index (χ4n) is 4.02. The average Bonchev–Trinajstić information content (AvgIpc) is 2.83. The highest BCUT2D eigenvalue weighted by molar-refractivity contribution is 7.94. The van der Waals surface area contributed by atoms with Gasteiger partial charge in [-0.3, -0.25) is 4.31 Å². The maximum atomic E-state index is 13.3. The molecule has 1 aliphatic heterocycles. The largest absolute Gasteiger partial charge is 0.417 e. The number of ether oxygens (including phenoxy) is 1. The summed E-state index contributed by atoms with van der Waals surface area (Å²) in [5, 5.41) is 19.0. The van der Waals surface area contributed by atoms with Gasteiger partial charge in [0.05, 0.1) is 35.6 Å². The normalized spacial score (nSPS) is 30.0. The average molecular weight is 404 g/mol. The van der Waals surface area contributed by atoms with E-state index >= 15 is 0 Å². The molecule has 148 valence electrons. The first-order chi connectivity index (χ1) is 12.6. The summed E-state index contributed by atoms with van der Waals surface area (Å²) in [5.41, 5.74) is -1.89. The number of methoxy groups -OCH3 is 1. The zero-order chi connectivity index (χ0) is 20.0. The Labute approximate surface area is 155 Å². The summed E-state index contributed by atoms with van der Waals surface area (Å²) in [6.07, 6.45) is -4.41. The third-order valence-electron chi connectivity index (χ3n) is 5.56. The van der Waals surface area contributed by atoms with Crippen LogP contribution in [0, 0.1) is 17.2 Å². The molecular formula is C17H19F3N2O4S. The minimum atomic E-state index is -4.78. The Morgan fingerprint density at radius 2 is 2.11 bits per heavy atom. The molecule has 0 bridgehead atoms. The zero-order valence-electron chi connectivity index (χ0n) is 14.5. The van der Waals surface area contributed by atoms with Gasteiger partial charge in [0, 0.05) is 19.6 Å². The Balaban J connectivity index is 2.06. The van der Waals surface area contributed by atoms with E-state index in [0.29, 0.717) is 18.9 Å². The predicted molar refractivity (Wildman–Crippen MR) is 90.4 cm³/mol. The van der Waals surface area contributed by atoms with Crippen molar-refractivity contribution in [2.45, 2.75) is 36.3 Å². The van der Waals surface area contributed by atoms with Crippen molar-refractivity contribution in [1.29, 1.82) is 5.26 Å². The van der Waals surface area contributed by atoms with Crippen molar-refractivity contribution in [3.8, 4) is 6.07 Å². The van der Waals surface area contributed by atoms with Crippen molar-refractivity contribution in [2.24, 2.45) is 5.92 Å². The molecule has 2 fully saturated rings. The molecule has 0 aromatic heterocycles. The number of halogens is 3. The van der Waals surface area contributed by atoms with Crippen LogP contribution in [0.15, 0.2) is 18.2 Å². The van der Waals surface area contributed by atoms with Crippen LogP contribution in [0.25, 0.3) is 0 Å². The molecule has 0 amide bonds. The lowest BCUT2D eigenvalue weighted by molar-refractivity contribution is -0.137. The second-order valence-corrected chi connectivity index (χ2v) is 9.12. The van der Waals surface area contributed by atoms with E-state index in [1.54, 1.807) is 0 Å². The summed E-state index contributed by atoms with van der Waals surface area (Å²) >= 11 is 0. The molecule has 1 saturated carbocycles. The van der Waals surface area contributed by atoms with Crippen molar-refractivity contribution >= 4 is 15.7 Å². The standard InChI is InChI=1S/C17H19F3N2O4S/c1-26-10-16(13-4-5-15(13)23)6-7-22(27(16,24)25)12-3-2-11(9-21)14(8-12)17(18,19)20/h2-3,8,13,15,23H,4-7,10H2,1H3/t13-,15-,16+/m0/s1. The van der Waals surface area contributed by atoms with Crippen LogP contribution in [0.5, 0.6) is 0 Å². The summed E-state index contributed by atoms with van der Waals surface area (Å²) in [6.45, 7) is -0.159. The molecule has 10 heteroatoms. The van der Waals surface area contributed by atoms with Gasteiger partial charge in [0.15, 0.2) is 0 Å². The van der Waals surface area contributed by atoms with Crippen molar-refractivity contribution in [3.63, 3.8) is 0 Å². The first-order valence-electron chi connectivity index (χ1n) is 8.39. The van der Waals surface area contributed by atoms with E-state index in [1.807, 2.05) is 0 Å². The summed E-state index contributed by atoms with van der Waals surface area (Å²) in [4.78, 5) is 0. The number of aliphatic hydroxyl groups excluding tert-OH is 1. The van der Waals surface area contributed by atoms with Crippen LogP contribution in [0.1, 0.15) is 30.4 Å². The molecule has 1 aromatic carbocycles. The fraction of sp³-hybridized carbons (Fsp3) is 0.588. The molecule has 0 spiro atoms. The SMILES string of the molecule is COC[C@@]1([C@H]2CC[C@@H]2O)CCN(c2ccc(C#N)c(C(F)(F)F)c2)S1(=O)=O. The minimum absolute atomic E-state index is 0.0158. The Morgan fingerprint density at radius 3 is 2.59 bits per heavy atom. The monoisotopic (exact) mass is 404 g/mol. The highest BCUT2D eigenvalue weighted by atomic mass is 32.2. The predicted octanol–water partition coefficient (Wildman–Crippen LogP) is 2.27. The molecule has 1 aromatic rings. The third-order valence-corrected chi connectivity index (χ3v) is 8.19. The first-order valence-corrected chi connectivity index (χ1v) is 9.83. The molecule has 3 atom stereocenters. The fourth-order valence-corrected chi connectivity index (χ4v) is 6.45. The highest BCUT2D eigenvalue weighted by Crippen LogP contribution is 2.49.